The fraction of sp³-hybridized carbons (Fsp3) is 0.500. The summed E-state index contributed by atoms with van der Waals surface area (Å²) in [5, 5.41) is 18.3. The highest BCUT2D eigenvalue weighted by molar-refractivity contribution is 5.89. The van der Waals surface area contributed by atoms with Crippen LogP contribution in [0.3, 0.4) is 0 Å². The van der Waals surface area contributed by atoms with Crippen LogP contribution in [-0.4, -0.2) is 63.5 Å². The molecule has 5 N–H and O–H groups in total. The van der Waals surface area contributed by atoms with Crippen LogP contribution in [0.25, 0.3) is 0 Å². The summed E-state index contributed by atoms with van der Waals surface area (Å²) in [5.74, 6) is -5.64. The van der Waals surface area contributed by atoms with Crippen molar-refractivity contribution in [3.05, 3.63) is 47.3 Å². The van der Waals surface area contributed by atoms with E-state index in [0.29, 0.717) is 24.8 Å². The number of carboxylic acid groups (broad SMARTS) is 2. The van der Waals surface area contributed by atoms with Gasteiger partial charge in [-0.25, -0.2) is 22.8 Å². The molecule has 2 fully saturated rings. The zero-order valence-corrected chi connectivity index (χ0v) is 19.8. The second kappa shape index (κ2) is 13.1. The Morgan fingerprint density at radius 1 is 1.03 bits per heavy atom. The van der Waals surface area contributed by atoms with E-state index in [1.165, 1.54) is 6.92 Å². The molecular formula is C24H30F3N3O6. The molecule has 0 radical (unpaired) electrons. The van der Waals surface area contributed by atoms with Crippen molar-refractivity contribution in [2.45, 2.75) is 63.6 Å². The summed E-state index contributed by atoms with van der Waals surface area (Å²) < 4.78 is 40.5. The van der Waals surface area contributed by atoms with Crippen molar-refractivity contribution in [3.63, 3.8) is 0 Å². The van der Waals surface area contributed by atoms with E-state index in [4.69, 9.17) is 15.9 Å². The van der Waals surface area contributed by atoms with Crippen LogP contribution in [0.1, 0.15) is 44.6 Å². The smallest absolute Gasteiger partial charge is 0.328 e. The lowest BCUT2D eigenvalue weighted by atomic mass is 9.82. The second-order valence-electron chi connectivity index (χ2n) is 8.89. The number of nitrogens with zero attached hydrogens (tertiary/aromatic N) is 1. The molecule has 1 aromatic carbocycles. The molecule has 0 saturated carbocycles. The first-order valence-corrected chi connectivity index (χ1v) is 11.5. The zero-order chi connectivity index (χ0) is 27.0. The Labute approximate surface area is 206 Å². The van der Waals surface area contributed by atoms with Gasteiger partial charge < -0.3 is 26.2 Å². The third-order valence-corrected chi connectivity index (χ3v) is 6.29. The summed E-state index contributed by atoms with van der Waals surface area (Å²) in [6.45, 7) is 1.74. The SMILES string of the molecule is CC(=O)NCCC(=O)N1[C@@H]2CC[C@H]1C[C@H]([C@H](N)Cc1cc(F)c(F)cc1F)C2.O=C(O)/C=C\C(=O)O. The number of halogens is 3. The molecule has 0 unspecified atom stereocenters. The average Bonchev–Trinajstić information content (AvgIpc) is 3.05. The molecule has 3 rings (SSSR count). The summed E-state index contributed by atoms with van der Waals surface area (Å²) in [5.41, 5.74) is 6.37. The van der Waals surface area contributed by atoms with Crippen LogP contribution < -0.4 is 11.1 Å². The van der Waals surface area contributed by atoms with E-state index in [-0.39, 0.29) is 54.3 Å². The van der Waals surface area contributed by atoms with Crippen molar-refractivity contribution in [1.29, 1.82) is 0 Å². The molecule has 2 saturated heterocycles. The van der Waals surface area contributed by atoms with Gasteiger partial charge in [0, 0.05) is 56.2 Å². The molecule has 12 heteroatoms. The highest BCUT2D eigenvalue weighted by Gasteiger charge is 2.44. The zero-order valence-electron chi connectivity index (χ0n) is 19.8. The normalized spacial score (nSPS) is 21.5. The maximum absolute atomic E-state index is 13.9. The number of hydrogen-bond donors (Lipinski definition) is 4. The molecule has 2 aliphatic rings. The number of carboxylic acids is 2. The summed E-state index contributed by atoms with van der Waals surface area (Å²) in [7, 11) is 0. The van der Waals surface area contributed by atoms with Gasteiger partial charge in [0.2, 0.25) is 11.8 Å². The van der Waals surface area contributed by atoms with E-state index in [9.17, 15) is 32.3 Å². The van der Waals surface area contributed by atoms with Crippen molar-refractivity contribution in [1.82, 2.24) is 10.2 Å². The van der Waals surface area contributed by atoms with Crippen molar-refractivity contribution in [3.8, 4) is 0 Å². The number of nitrogens with two attached hydrogens (primary N) is 1. The Kier molecular flexibility index (Phi) is 10.5. The second-order valence-corrected chi connectivity index (χ2v) is 8.89. The third-order valence-electron chi connectivity index (χ3n) is 6.29. The highest BCUT2D eigenvalue weighted by Crippen LogP contribution is 2.40. The van der Waals surface area contributed by atoms with Gasteiger partial charge in [0.25, 0.3) is 0 Å². The van der Waals surface area contributed by atoms with E-state index in [0.717, 1.165) is 31.7 Å². The van der Waals surface area contributed by atoms with Crippen molar-refractivity contribution >= 4 is 23.8 Å². The van der Waals surface area contributed by atoms with Crippen molar-refractivity contribution < 1.29 is 42.6 Å². The predicted octanol–water partition coefficient (Wildman–Crippen LogP) is 1.98. The molecule has 0 aromatic heterocycles. The third kappa shape index (κ3) is 8.36. The molecule has 2 aliphatic heterocycles. The monoisotopic (exact) mass is 513 g/mol. The molecule has 1 aromatic rings. The lowest BCUT2D eigenvalue weighted by Crippen LogP contribution is -2.50. The van der Waals surface area contributed by atoms with Crippen LogP contribution in [0.2, 0.25) is 0 Å². The minimum Gasteiger partial charge on any atom is -0.478 e. The summed E-state index contributed by atoms with van der Waals surface area (Å²) in [6.07, 6.45) is 4.75. The minimum atomic E-state index is -1.26. The van der Waals surface area contributed by atoms with Crippen LogP contribution in [0.15, 0.2) is 24.3 Å². The number of fused-ring (bicyclic) bond motifs is 2. The average molecular weight is 514 g/mol. The molecule has 9 nitrogen and oxygen atoms in total. The van der Waals surface area contributed by atoms with Gasteiger partial charge in [-0.05, 0) is 49.7 Å². The van der Waals surface area contributed by atoms with E-state index in [1.54, 1.807) is 0 Å². The number of hydrogen-bond acceptors (Lipinski definition) is 5. The Bertz CT molecular complexity index is 989. The lowest BCUT2D eigenvalue weighted by molar-refractivity contribution is -0.136. The largest absolute Gasteiger partial charge is 0.478 e. The van der Waals surface area contributed by atoms with Crippen LogP contribution in [-0.2, 0) is 25.6 Å². The molecule has 0 spiro atoms. The number of piperidine rings is 1. The molecule has 2 heterocycles. The Balaban J connectivity index is 0.000000493. The number of amides is 2. The number of rotatable bonds is 8. The van der Waals surface area contributed by atoms with Crippen molar-refractivity contribution in [2.24, 2.45) is 11.7 Å². The molecule has 36 heavy (non-hydrogen) atoms. The van der Waals surface area contributed by atoms with Gasteiger partial charge in [-0.1, -0.05) is 0 Å². The first-order valence-electron chi connectivity index (χ1n) is 11.5. The summed E-state index contributed by atoms with van der Waals surface area (Å²) in [4.78, 5) is 44.5. The molecule has 2 amide bonds. The van der Waals surface area contributed by atoms with Gasteiger partial charge >= 0.3 is 11.9 Å². The molecular weight excluding hydrogens is 483 g/mol. The Morgan fingerprint density at radius 2 is 1.56 bits per heavy atom. The Hall–Kier alpha value is -3.41. The van der Waals surface area contributed by atoms with Gasteiger partial charge in [-0.15, -0.1) is 0 Å². The molecule has 4 atom stereocenters. The predicted molar refractivity (Wildman–Crippen MR) is 122 cm³/mol. The standard InChI is InChI=1S/C20H26F3N3O2.C4H4O4/c1-11(27)25-5-4-20(28)26-14-2-3-15(26)7-13(6-14)19(24)9-12-8-17(22)18(23)10-16(12)21;5-3(6)1-2-4(7)8/h8,10,13-15,19H,2-7,9,24H2,1H3,(H,25,27);1-2H,(H,5,6)(H,7,8)/b;2-1-/t13-,14-,15+,19-;/m1./s1. The fourth-order valence-electron chi connectivity index (χ4n) is 4.73. The fourth-order valence-corrected chi connectivity index (χ4v) is 4.73. The molecule has 2 bridgehead atoms. The first-order chi connectivity index (χ1) is 16.9. The quantitative estimate of drug-likeness (QED) is 0.307. The minimum absolute atomic E-state index is 0.0277. The number of aliphatic carboxylic acids is 2. The van der Waals surface area contributed by atoms with E-state index in [2.05, 4.69) is 5.32 Å². The van der Waals surface area contributed by atoms with Crippen LogP contribution in [0, 0.1) is 23.4 Å². The molecule has 198 valence electrons. The topological polar surface area (TPSA) is 150 Å². The van der Waals surface area contributed by atoms with Gasteiger partial charge in [0.15, 0.2) is 11.6 Å². The lowest BCUT2D eigenvalue weighted by Gasteiger charge is -2.41. The molecule has 0 aliphatic carbocycles. The summed E-state index contributed by atoms with van der Waals surface area (Å²) in [6, 6.07) is 1.22. The Morgan fingerprint density at radius 3 is 2.06 bits per heavy atom. The van der Waals surface area contributed by atoms with E-state index in [1.807, 2.05) is 4.90 Å². The van der Waals surface area contributed by atoms with Gasteiger partial charge in [0.1, 0.15) is 5.82 Å². The number of carbonyl (C=O) groups excluding carboxylic acids is 2. The van der Waals surface area contributed by atoms with Crippen LogP contribution in [0.5, 0.6) is 0 Å². The van der Waals surface area contributed by atoms with Crippen molar-refractivity contribution in [2.75, 3.05) is 6.54 Å². The van der Waals surface area contributed by atoms with Gasteiger partial charge in [-0.3, -0.25) is 9.59 Å². The summed E-state index contributed by atoms with van der Waals surface area (Å²) >= 11 is 0. The number of nitrogens with one attached hydrogen (secondary N) is 1. The van der Waals surface area contributed by atoms with E-state index < -0.39 is 29.4 Å². The maximum Gasteiger partial charge on any atom is 0.328 e. The number of benzene rings is 1. The van der Waals surface area contributed by atoms with E-state index >= 15 is 0 Å². The number of carbonyl (C=O) groups is 4. The van der Waals surface area contributed by atoms with Gasteiger partial charge in [0.05, 0.1) is 0 Å². The first kappa shape index (κ1) is 28.8. The highest BCUT2D eigenvalue weighted by atomic mass is 19.2. The van der Waals surface area contributed by atoms with Gasteiger partial charge in [-0.2, -0.15) is 0 Å². The van der Waals surface area contributed by atoms with Crippen LogP contribution in [0.4, 0.5) is 13.2 Å². The maximum atomic E-state index is 13.9. The van der Waals surface area contributed by atoms with Crippen LogP contribution >= 0.6 is 0 Å².